The minimum Gasteiger partial charge on any atom is -0.441 e. The van der Waals surface area contributed by atoms with Crippen molar-refractivity contribution in [1.82, 2.24) is 9.71 Å². The molecule has 0 bridgehead atoms. The molecule has 0 spiro atoms. The summed E-state index contributed by atoms with van der Waals surface area (Å²) in [6.07, 6.45) is 1.74. The standard InChI is InChI=1S/C17H17N3O3/c1-17(2,16(21)19-14-9-5-6-10-20(14)22)11-15-18-12-7-3-4-8-13(12)23-15/h3-10,22H,11H2,1-2H3. The monoisotopic (exact) mass is 311 g/mol. The van der Waals surface area contributed by atoms with Gasteiger partial charge in [0.1, 0.15) is 5.52 Å². The maximum atomic E-state index is 12.4. The molecule has 118 valence electrons. The van der Waals surface area contributed by atoms with Gasteiger partial charge in [-0.3, -0.25) is 4.79 Å². The van der Waals surface area contributed by atoms with Gasteiger partial charge in [-0.2, -0.15) is 9.72 Å². The lowest BCUT2D eigenvalue weighted by Crippen LogP contribution is -2.29. The minimum atomic E-state index is -0.802. The van der Waals surface area contributed by atoms with E-state index in [-0.39, 0.29) is 11.4 Å². The number of benzene rings is 1. The third-order valence-corrected chi connectivity index (χ3v) is 3.54. The Morgan fingerprint density at radius 1 is 1.26 bits per heavy atom. The van der Waals surface area contributed by atoms with Gasteiger partial charge in [0.25, 0.3) is 5.91 Å². The molecule has 6 nitrogen and oxygen atoms in total. The first-order valence-corrected chi connectivity index (χ1v) is 7.26. The fourth-order valence-corrected chi connectivity index (χ4v) is 2.22. The van der Waals surface area contributed by atoms with E-state index in [1.54, 1.807) is 32.0 Å². The third-order valence-electron chi connectivity index (χ3n) is 3.54. The Balaban J connectivity index is 1.87. The van der Waals surface area contributed by atoms with Gasteiger partial charge in [-0.1, -0.05) is 32.0 Å². The number of aromatic nitrogens is 2. The molecule has 0 aliphatic heterocycles. The van der Waals surface area contributed by atoms with E-state index in [0.29, 0.717) is 17.9 Å². The van der Waals surface area contributed by atoms with E-state index in [0.717, 1.165) is 10.2 Å². The van der Waals surface area contributed by atoms with Crippen LogP contribution >= 0.6 is 0 Å². The van der Waals surface area contributed by atoms with E-state index in [1.165, 1.54) is 6.20 Å². The second-order valence-electron chi connectivity index (χ2n) is 5.96. The summed E-state index contributed by atoms with van der Waals surface area (Å²) in [5, 5.41) is 9.65. The van der Waals surface area contributed by atoms with Crippen LogP contribution < -0.4 is 5.49 Å². The average Bonchev–Trinajstić information content (AvgIpc) is 2.90. The lowest BCUT2D eigenvalue weighted by molar-refractivity contribution is -0.126. The van der Waals surface area contributed by atoms with Crippen molar-refractivity contribution in [2.45, 2.75) is 20.3 Å². The Bertz CT molecular complexity index is 889. The normalized spacial score (nSPS) is 12.7. The van der Waals surface area contributed by atoms with Gasteiger partial charge in [0.2, 0.25) is 0 Å². The van der Waals surface area contributed by atoms with Crippen LogP contribution in [0.1, 0.15) is 19.7 Å². The van der Waals surface area contributed by atoms with Crippen LogP contribution in [0.4, 0.5) is 0 Å². The molecule has 0 unspecified atom stereocenters. The van der Waals surface area contributed by atoms with Crippen LogP contribution in [0.5, 0.6) is 0 Å². The van der Waals surface area contributed by atoms with Crippen molar-refractivity contribution in [2.75, 3.05) is 0 Å². The maximum Gasteiger partial charge on any atom is 0.253 e. The van der Waals surface area contributed by atoms with Gasteiger partial charge in [-0.25, -0.2) is 4.98 Å². The lowest BCUT2D eigenvalue weighted by atomic mass is 9.88. The predicted molar refractivity (Wildman–Crippen MR) is 83.7 cm³/mol. The van der Waals surface area contributed by atoms with E-state index in [2.05, 4.69) is 9.98 Å². The van der Waals surface area contributed by atoms with Crippen LogP contribution in [0.2, 0.25) is 0 Å². The highest BCUT2D eigenvalue weighted by molar-refractivity contribution is 5.83. The topological polar surface area (TPSA) is 80.6 Å². The quantitative estimate of drug-likeness (QED) is 0.754. The Labute approximate surface area is 132 Å². The lowest BCUT2D eigenvalue weighted by Gasteiger charge is -2.17. The molecule has 1 aromatic carbocycles. The Morgan fingerprint density at radius 3 is 2.74 bits per heavy atom. The summed E-state index contributed by atoms with van der Waals surface area (Å²) in [7, 11) is 0. The summed E-state index contributed by atoms with van der Waals surface area (Å²) in [5.74, 6) is 0.137. The molecule has 1 N–H and O–H groups in total. The highest BCUT2D eigenvalue weighted by Gasteiger charge is 2.30. The van der Waals surface area contributed by atoms with Gasteiger partial charge in [-0.15, -0.1) is 0 Å². The van der Waals surface area contributed by atoms with Gasteiger partial charge in [-0.05, 0) is 24.3 Å². The van der Waals surface area contributed by atoms with E-state index in [4.69, 9.17) is 4.42 Å². The van der Waals surface area contributed by atoms with E-state index in [9.17, 15) is 10.0 Å². The molecule has 23 heavy (non-hydrogen) atoms. The molecule has 0 aliphatic carbocycles. The Kier molecular flexibility index (Phi) is 3.73. The van der Waals surface area contributed by atoms with Crippen molar-refractivity contribution in [3.05, 3.63) is 60.0 Å². The van der Waals surface area contributed by atoms with Crippen LogP contribution in [0.25, 0.3) is 11.1 Å². The SMILES string of the molecule is CC(C)(Cc1nc2ccccc2o1)C(=O)N=c1ccccn1O. The van der Waals surface area contributed by atoms with E-state index < -0.39 is 5.41 Å². The molecular formula is C17H17N3O3. The van der Waals surface area contributed by atoms with Crippen LogP contribution in [0.3, 0.4) is 0 Å². The van der Waals surface area contributed by atoms with Gasteiger partial charge in [0.05, 0.1) is 5.41 Å². The van der Waals surface area contributed by atoms with Gasteiger partial charge < -0.3 is 9.62 Å². The summed E-state index contributed by atoms with van der Waals surface area (Å²) >= 11 is 0. The molecule has 3 rings (SSSR count). The molecule has 2 heterocycles. The zero-order valence-electron chi connectivity index (χ0n) is 12.9. The zero-order valence-corrected chi connectivity index (χ0v) is 12.9. The molecule has 0 aliphatic rings. The number of amides is 1. The van der Waals surface area contributed by atoms with Gasteiger partial charge in [0, 0.05) is 12.6 Å². The van der Waals surface area contributed by atoms with E-state index in [1.807, 2.05) is 24.3 Å². The summed E-state index contributed by atoms with van der Waals surface area (Å²) < 4.78 is 6.48. The average molecular weight is 311 g/mol. The fourth-order valence-electron chi connectivity index (χ4n) is 2.22. The largest absolute Gasteiger partial charge is 0.441 e. The molecule has 0 atom stereocenters. The van der Waals surface area contributed by atoms with Crippen LogP contribution in [-0.2, 0) is 11.2 Å². The molecule has 6 heteroatoms. The van der Waals surface area contributed by atoms with Crippen molar-refractivity contribution in [2.24, 2.45) is 10.4 Å². The van der Waals surface area contributed by atoms with Crippen molar-refractivity contribution >= 4 is 17.0 Å². The van der Waals surface area contributed by atoms with Crippen molar-refractivity contribution < 1.29 is 14.4 Å². The number of hydrogen-bond donors (Lipinski definition) is 1. The van der Waals surface area contributed by atoms with E-state index >= 15 is 0 Å². The first-order chi connectivity index (χ1) is 11.0. The number of hydrogen-bond acceptors (Lipinski definition) is 4. The second kappa shape index (κ2) is 5.72. The molecule has 0 fully saturated rings. The Morgan fingerprint density at radius 2 is 2.00 bits per heavy atom. The number of nitrogens with zero attached hydrogens (tertiary/aromatic N) is 3. The zero-order chi connectivity index (χ0) is 16.4. The fraction of sp³-hybridized carbons (Fsp3) is 0.235. The summed E-state index contributed by atoms with van der Waals surface area (Å²) in [5.41, 5.74) is 0.838. The van der Waals surface area contributed by atoms with Crippen molar-refractivity contribution in [3.8, 4) is 0 Å². The third kappa shape index (κ3) is 3.15. The Hall–Kier alpha value is -2.89. The highest BCUT2D eigenvalue weighted by Crippen LogP contribution is 2.25. The highest BCUT2D eigenvalue weighted by atomic mass is 16.5. The van der Waals surface area contributed by atoms with Crippen molar-refractivity contribution in [3.63, 3.8) is 0 Å². The first-order valence-electron chi connectivity index (χ1n) is 7.26. The molecule has 3 aromatic rings. The minimum absolute atomic E-state index is 0.183. The number of rotatable bonds is 3. The predicted octanol–water partition coefficient (Wildman–Crippen LogP) is 2.56. The number of carbonyl (C=O) groups excluding carboxylic acids is 1. The number of oxazole rings is 1. The number of pyridine rings is 1. The molecule has 2 aromatic heterocycles. The summed E-state index contributed by atoms with van der Waals surface area (Å²) in [6.45, 7) is 3.55. The van der Waals surface area contributed by atoms with Crippen LogP contribution in [-0.4, -0.2) is 20.8 Å². The number of fused-ring (bicyclic) bond motifs is 1. The first kappa shape index (κ1) is 15.0. The van der Waals surface area contributed by atoms with Gasteiger partial charge in [0.15, 0.2) is 17.0 Å². The molecule has 0 radical (unpaired) electrons. The molecular weight excluding hydrogens is 294 g/mol. The molecule has 1 amide bonds. The second-order valence-corrected chi connectivity index (χ2v) is 5.96. The molecule has 0 saturated heterocycles. The molecule has 0 saturated carbocycles. The van der Waals surface area contributed by atoms with Crippen LogP contribution in [0, 0.1) is 5.41 Å². The smallest absolute Gasteiger partial charge is 0.253 e. The summed E-state index contributed by atoms with van der Waals surface area (Å²) in [6, 6.07) is 12.4. The van der Waals surface area contributed by atoms with Gasteiger partial charge >= 0.3 is 0 Å². The van der Waals surface area contributed by atoms with Crippen molar-refractivity contribution in [1.29, 1.82) is 0 Å². The maximum absolute atomic E-state index is 12.4. The van der Waals surface area contributed by atoms with Crippen LogP contribution in [0.15, 0.2) is 58.1 Å². The summed E-state index contributed by atoms with van der Waals surface area (Å²) in [4.78, 5) is 20.8. The number of para-hydroxylation sites is 2. The number of carbonyl (C=O) groups is 1.